The van der Waals surface area contributed by atoms with Gasteiger partial charge in [0.05, 0.1) is 18.8 Å². The summed E-state index contributed by atoms with van der Waals surface area (Å²) in [4.78, 5) is 0. The van der Waals surface area contributed by atoms with Crippen LogP contribution in [0.2, 0.25) is 0 Å². The second kappa shape index (κ2) is 15.2. The van der Waals surface area contributed by atoms with Crippen molar-refractivity contribution in [3.63, 3.8) is 0 Å². The molecule has 0 aromatic heterocycles. The molecule has 0 amide bonds. The molecule has 41 heavy (non-hydrogen) atoms. The summed E-state index contributed by atoms with van der Waals surface area (Å²) >= 11 is 0. The minimum Gasteiger partial charge on any atom is -0.726 e. The smallest absolute Gasteiger partial charge is 0.726 e. The Kier molecular flexibility index (Phi) is 15.5. The Hall–Kier alpha value is 2.61. The summed E-state index contributed by atoms with van der Waals surface area (Å²) in [6.45, 7) is 6.12. The van der Waals surface area contributed by atoms with Crippen LogP contribution in [0.1, 0.15) is 78.6 Å². The Morgan fingerprint density at radius 1 is 0.756 bits per heavy atom. The molecule has 4 aliphatic rings. The SMILES string of the molecule is C[C@H](CCOS(=O)(=O)[O-])[C@H]1CC[C@H]2[C@@H]3[C@@H](OS(=O)(=O)[O-])C[C@@H]4C[C@H](OS(=O)(=O)[O-])CC[C@]4(C)[C@H]3CC[C@]12C.[Na+].[Na+].[Na+]. The third-order valence-electron chi connectivity index (χ3n) is 10.7. The van der Waals surface area contributed by atoms with Gasteiger partial charge in [-0.15, -0.1) is 0 Å². The van der Waals surface area contributed by atoms with E-state index < -0.39 is 43.4 Å². The van der Waals surface area contributed by atoms with Gasteiger partial charge in [0.2, 0.25) is 31.2 Å². The van der Waals surface area contributed by atoms with E-state index in [4.69, 9.17) is 8.37 Å². The van der Waals surface area contributed by atoms with Crippen LogP contribution in [0.4, 0.5) is 0 Å². The molecule has 4 rings (SSSR count). The van der Waals surface area contributed by atoms with Crippen molar-refractivity contribution in [2.24, 2.45) is 46.3 Å². The molecule has 0 spiro atoms. The maximum atomic E-state index is 11.8. The molecule has 0 saturated heterocycles. The first-order valence-electron chi connectivity index (χ1n) is 13.2. The van der Waals surface area contributed by atoms with Gasteiger partial charge in [0.15, 0.2) is 0 Å². The molecule has 0 aromatic rings. The average Bonchev–Trinajstić information content (AvgIpc) is 3.09. The Morgan fingerprint density at radius 2 is 1.32 bits per heavy atom. The molecule has 4 saturated carbocycles. The van der Waals surface area contributed by atoms with Gasteiger partial charge in [-0.1, -0.05) is 20.8 Å². The monoisotopic (exact) mass is 670 g/mol. The molecule has 0 radical (unpaired) electrons. The molecule has 10 atom stereocenters. The first-order valence-corrected chi connectivity index (χ1v) is 17.2. The van der Waals surface area contributed by atoms with Gasteiger partial charge in [0.25, 0.3) is 0 Å². The van der Waals surface area contributed by atoms with Crippen LogP contribution in [-0.2, 0) is 43.7 Å². The summed E-state index contributed by atoms with van der Waals surface area (Å²) in [6.07, 6.45) is 3.51. The van der Waals surface area contributed by atoms with Gasteiger partial charge in [0.1, 0.15) is 0 Å². The second-order valence-electron chi connectivity index (χ2n) is 12.4. The van der Waals surface area contributed by atoms with Gasteiger partial charge in [-0.2, -0.15) is 0 Å². The van der Waals surface area contributed by atoms with Gasteiger partial charge in [-0.05, 0) is 104 Å². The first-order chi connectivity index (χ1) is 17.3. The number of hydrogen-bond acceptors (Lipinski definition) is 12. The molecule has 0 aromatic carbocycles. The predicted molar refractivity (Wildman–Crippen MR) is 129 cm³/mol. The van der Waals surface area contributed by atoms with Gasteiger partial charge >= 0.3 is 88.7 Å². The second-order valence-corrected chi connectivity index (χ2v) is 15.5. The summed E-state index contributed by atoms with van der Waals surface area (Å²) < 4.78 is 116. The zero-order valence-corrected chi connectivity index (χ0v) is 33.3. The van der Waals surface area contributed by atoms with E-state index in [0.717, 1.165) is 25.7 Å². The van der Waals surface area contributed by atoms with E-state index in [1.807, 2.05) is 6.92 Å². The largest absolute Gasteiger partial charge is 1.00 e. The predicted octanol–water partition coefficient (Wildman–Crippen LogP) is -6.54. The Labute approximate surface area is 311 Å². The van der Waals surface area contributed by atoms with E-state index >= 15 is 0 Å². The molecule has 12 nitrogen and oxygen atoms in total. The Morgan fingerprint density at radius 3 is 1.88 bits per heavy atom. The fourth-order valence-corrected chi connectivity index (χ4v) is 10.5. The van der Waals surface area contributed by atoms with Crippen molar-refractivity contribution in [2.45, 2.75) is 90.8 Å². The maximum Gasteiger partial charge on any atom is 1.00 e. The van der Waals surface area contributed by atoms with E-state index in [9.17, 15) is 38.9 Å². The standard InChI is InChI=1S/C23H40O12S3.3Na/c1-14(8-11-33-36(24,25)26)17-4-5-18-21-19(7-10-23(17,18)3)22(2)9-6-16(34-37(27,28)29)12-15(22)13-20(21)35-38(30,31)32;;;/h14-21H,4-13H2,1-3H3,(H,24,25,26)(H,27,28,29)(H,30,31,32);;;/q;3*+1/p-3/t14-,15+,16-,17-,18+,19+,20+,21+,22+,23-;;;/m1.../s1. The van der Waals surface area contributed by atoms with Crippen LogP contribution in [0.5, 0.6) is 0 Å². The maximum absolute atomic E-state index is 11.8. The van der Waals surface area contributed by atoms with Crippen molar-refractivity contribution in [3.8, 4) is 0 Å². The molecule has 18 heteroatoms. The molecule has 0 N–H and O–H groups in total. The zero-order valence-electron chi connectivity index (χ0n) is 24.8. The molecular weight excluding hydrogens is 633 g/mol. The summed E-state index contributed by atoms with van der Waals surface area (Å²) in [7, 11) is -14.7. The van der Waals surface area contributed by atoms with Gasteiger partial charge in [-0.25, -0.2) is 25.3 Å². The van der Waals surface area contributed by atoms with E-state index in [1.165, 1.54) is 0 Å². The van der Waals surface area contributed by atoms with Crippen molar-refractivity contribution >= 4 is 31.2 Å². The van der Waals surface area contributed by atoms with Crippen LogP contribution in [0.3, 0.4) is 0 Å². The van der Waals surface area contributed by atoms with Crippen LogP contribution >= 0.6 is 0 Å². The van der Waals surface area contributed by atoms with E-state index in [0.29, 0.717) is 19.3 Å². The van der Waals surface area contributed by atoms with Gasteiger partial charge < -0.3 is 13.7 Å². The van der Waals surface area contributed by atoms with E-state index in [1.54, 1.807) is 0 Å². The van der Waals surface area contributed by atoms with Crippen LogP contribution in [0, 0.1) is 46.3 Å². The van der Waals surface area contributed by atoms with Crippen molar-refractivity contribution in [1.29, 1.82) is 0 Å². The van der Waals surface area contributed by atoms with Gasteiger partial charge in [0, 0.05) is 0 Å². The molecule has 4 fully saturated rings. The Bertz CT molecular complexity index is 1220. The normalized spacial score (nSPS) is 39.5. The van der Waals surface area contributed by atoms with Crippen LogP contribution < -0.4 is 88.7 Å². The van der Waals surface area contributed by atoms with E-state index in [2.05, 4.69) is 18.0 Å². The molecule has 0 heterocycles. The Balaban J connectivity index is 0.00000280. The summed E-state index contributed by atoms with van der Waals surface area (Å²) in [6, 6.07) is 0. The van der Waals surface area contributed by atoms with E-state index in [-0.39, 0.29) is 154 Å². The van der Waals surface area contributed by atoms with Gasteiger partial charge in [-0.3, -0.25) is 12.5 Å². The summed E-state index contributed by atoms with van der Waals surface area (Å²) in [5.41, 5.74) is -0.462. The minimum atomic E-state index is -5.01. The number of rotatable bonds is 9. The van der Waals surface area contributed by atoms with Crippen LogP contribution in [-0.4, -0.2) is 57.7 Å². The molecule has 0 aliphatic heterocycles. The molecular formula is C23H37Na3O12S3. The number of fused-ring (bicyclic) bond motifs is 5. The third-order valence-corrected chi connectivity index (χ3v) is 12.1. The number of hydrogen-bond donors (Lipinski definition) is 0. The minimum absolute atomic E-state index is 0. The van der Waals surface area contributed by atoms with Crippen molar-refractivity contribution in [1.82, 2.24) is 0 Å². The molecule has 0 bridgehead atoms. The summed E-state index contributed by atoms with van der Waals surface area (Å²) in [5.74, 6) is -0.0258. The first kappa shape index (κ1) is 41.6. The summed E-state index contributed by atoms with van der Waals surface area (Å²) in [5, 5.41) is 0. The van der Waals surface area contributed by atoms with Crippen molar-refractivity contribution < 1.29 is 140 Å². The average molecular weight is 671 g/mol. The van der Waals surface area contributed by atoms with Crippen LogP contribution in [0.15, 0.2) is 0 Å². The fraction of sp³-hybridized carbons (Fsp3) is 1.00. The molecule has 222 valence electrons. The molecule has 4 aliphatic carbocycles. The third kappa shape index (κ3) is 9.82. The quantitative estimate of drug-likeness (QED) is 0.128. The van der Waals surface area contributed by atoms with Crippen LogP contribution in [0.25, 0.3) is 0 Å². The van der Waals surface area contributed by atoms with Crippen molar-refractivity contribution in [2.75, 3.05) is 6.61 Å². The fourth-order valence-electron chi connectivity index (χ4n) is 9.18. The molecule has 0 unspecified atom stereocenters. The topological polar surface area (TPSA) is 199 Å². The van der Waals surface area contributed by atoms with Crippen molar-refractivity contribution in [3.05, 3.63) is 0 Å². The zero-order chi connectivity index (χ0) is 28.3.